The fourth-order valence-corrected chi connectivity index (χ4v) is 1.90. The maximum atomic E-state index is 11.7. The van der Waals surface area contributed by atoms with Crippen LogP contribution in [0.25, 0.3) is 0 Å². The first-order valence-corrected chi connectivity index (χ1v) is 4.94. The molecule has 2 heterocycles. The molecule has 0 spiro atoms. The molecule has 2 rings (SSSR count). The van der Waals surface area contributed by atoms with Crippen LogP contribution in [0, 0.1) is 5.92 Å². The van der Waals surface area contributed by atoms with Crippen molar-refractivity contribution >= 4 is 5.91 Å². The number of nitrogens with one attached hydrogen (secondary N) is 1. The third kappa shape index (κ3) is 1.69. The molecule has 74 valence electrons. The lowest BCUT2D eigenvalue weighted by molar-refractivity contribution is -0.134. The Morgan fingerprint density at radius 1 is 1.54 bits per heavy atom. The van der Waals surface area contributed by atoms with E-state index >= 15 is 0 Å². The molecule has 13 heavy (non-hydrogen) atoms. The maximum absolute atomic E-state index is 11.7. The predicted molar refractivity (Wildman–Crippen MR) is 48.2 cm³/mol. The molecule has 2 fully saturated rings. The molecule has 0 aromatic heterocycles. The van der Waals surface area contributed by atoms with E-state index in [1.807, 2.05) is 4.90 Å². The lowest BCUT2D eigenvalue weighted by Crippen LogP contribution is -2.53. The fourth-order valence-electron chi connectivity index (χ4n) is 1.90. The largest absolute Gasteiger partial charge is 0.396 e. The Morgan fingerprint density at radius 2 is 2.31 bits per heavy atom. The summed E-state index contributed by atoms with van der Waals surface area (Å²) in [7, 11) is 0. The second-order valence-electron chi connectivity index (χ2n) is 3.92. The third-order valence-corrected chi connectivity index (χ3v) is 2.98. The Labute approximate surface area is 77.9 Å². The zero-order chi connectivity index (χ0) is 9.26. The van der Waals surface area contributed by atoms with Crippen LogP contribution >= 0.6 is 0 Å². The van der Waals surface area contributed by atoms with Gasteiger partial charge in [0.15, 0.2) is 0 Å². The Morgan fingerprint density at radius 3 is 2.77 bits per heavy atom. The Hall–Kier alpha value is -0.610. The number of likely N-dealkylation sites (tertiary alicyclic amines) is 1. The van der Waals surface area contributed by atoms with Crippen molar-refractivity contribution in [1.29, 1.82) is 0 Å². The van der Waals surface area contributed by atoms with E-state index in [1.54, 1.807) is 0 Å². The number of aliphatic hydroxyl groups excluding tert-OH is 1. The Balaban J connectivity index is 1.84. The number of nitrogens with zero attached hydrogens (tertiary/aromatic N) is 1. The van der Waals surface area contributed by atoms with Gasteiger partial charge in [-0.15, -0.1) is 0 Å². The molecule has 0 aliphatic carbocycles. The minimum Gasteiger partial charge on any atom is -0.396 e. The first-order valence-electron chi connectivity index (χ1n) is 4.94. The van der Waals surface area contributed by atoms with Gasteiger partial charge in [0.05, 0.1) is 6.04 Å². The molecule has 2 atom stereocenters. The standard InChI is InChI=1S/C9H16N2O2/c12-6-7-2-4-11(5-7)9(13)8-1-3-10-8/h7-8,10,12H,1-6H2. The van der Waals surface area contributed by atoms with Crippen molar-refractivity contribution in [1.82, 2.24) is 10.2 Å². The molecule has 0 radical (unpaired) electrons. The average molecular weight is 184 g/mol. The maximum Gasteiger partial charge on any atom is 0.239 e. The number of carbonyl (C=O) groups excluding carboxylic acids is 1. The van der Waals surface area contributed by atoms with E-state index in [0.717, 1.165) is 32.5 Å². The molecular weight excluding hydrogens is 168 g/mol. The summed E-state index contributed by atoms with van der Waals surface area (Å²) < 4.78 is 0. The van der Waals surface area contributed by atoms with E-state index in [1.165, 1.54) is 0 Å². The first-order chi connectivity index (χ1) is 6.31. The van der Waals surface area contributed by atoms with Crippen LogP contribution < -0.4 is 5.32 Å². The monoisotopic (exact) mass is 184 g/mol. The van der Waals surface area contributed by atoms with E-state index in [-0.39, 0.29) is 18.6 Å². The highest BCUT2D eigenvalue weighted by Gasteiger charge is 2.32. The van der Waals surface area contributed by atoms with Crippen molar-refractivity contribution in [2.24, 2.45) is 5.92 Å². The van der Waals surface area contributed by atoms with Crippen LogP contribution in [0.3, 0.4) is 0 Å². The van der Waals surface area contributed by atoms with E-state index in [4.69, 9.17) is 5.11 Å². The van der Waals surface area contributed by atoms with Gasteiger partial charge in [-0.05, 0) is 19.4 Å². The summed E-state index contributed by atoms with van der Waals surface area (Å²) in [6.45, 7) is 2.74. The van der Waals surface area contributed by atoms with Gasteiger partial charge >= 0.3 is 0 Å². The van der Waals surface area contributed by atoms with Gasteiger partial charge in [0, 0.05) is 25.6 Å². The number of aliphatic hydroxyl groups is 1. The normalized spacial score (nSPS) is 33.2. The van der Waals surface area contributed by atoms with Crippen molar-refractivity contribution in [3.8, 4) is 0 Å². The molecule has 2 unspecified atom stereocenters. The van der Waals surface area contributed by atoms with Gasteiger partial charge in [0.25, 0.3) is 0 Å². The van der Waals surface area contributed by atoms with Crippen molar-refractivity contribution in [2.75, 3.05) is 26.2 Å². The SMILES string of the molecule is O=C(C1CCN1)N1CCC(CO)C1. The van der Waals surface area contributed by atoms with Gasteiger partial charge in [-0.3, -0.25) is 4.79 Å². The lowest BCUT2D eigenvalue weighted by Gasteiger charge is -2.30. The van der Waals surface area contributed by atoms with Gasteiger partial charge < -0.3 is 15.3 Å². The van der Waals surface area contributed by atoms with Gasteiger partial charge in [-0.1, -0.05) is 0 Å². The molecule has 2 aliphatic rings. The molecule has 1 amide bonds. The highest BCUT2D eigenvalue weighted by atomic mass is 16.3. The summed E-state index contributed by atoms with van der Waals surface area (Å²) in [6, 6.07) is 0.0671. The molecule has 4 nitrogen and oxygen atoms in total. The van der Waals surface area contributed by atoms with Gasteiger partial charge in [0.1, 0.15) is 0 Å². The number of rotatable bonds is 2. The van der Waals surface area contributed by atoms with E-state index in [0.29, 0.717) is 5.92 Å². The lowest BCUT2D eigenvalue weighted by atomic mass is 10.1. The molecular formula is C9H16N2O2. The molecule has 0 saturated carbocycles. The van der Waals surface area contributed by atoms with Crippen LogP contribution in [-0.4, -0.2) is 48.2 Å². The zero-order valence-corrected chi connectivity index (χ0v) is 7.70. The van der Waals surface area contributed by atoms with Gasteiger partial charge in [-0.25, -0.2) is 0 Å². The van der Waals surface area contributed by atoms with Crippen molar-refractivity contribution in [2.45, 2.75) is 18.9 Å². The summed E-state index contributed by atoms with van der Waals surface area (Å²) in [5.41, 5.74) is 0. The van der Waals surface area contributed by atoms with Crippen molar-refractivity contribution < 1.29 is 9.90 Å². The second kappa shape index (κ2) is 3.64. The van der Waals surface area contributed by atoms with Crippen LogP contribution in [0.5, 0.6) is 0 Å². The van der Waals surface area contributed by atoms with Gasteiger partial charge in [-0.2, -0.15) is 0 Å². The van der Waals surface area contributed by atoms with Crippen LogP contribution in [0.1, 0.15) is 12.8 Å². The number of amides is 1. The third-order valence-electron chi connectivity index (χ3n) is 2.98. The number of hydrogen-bond donors (Lipinski definition) is 2. The number of carbonyl (C=O) groups is 1. The van der Waals surface area contributed by atoms with Crippen LogP contribution in [-0.2, 0) is 4.79 Å². The highest BCUT2D eigenvalue weighted by molar-refractivity contribution is 5.83. The molecule has 2 aliphatic heterocycles. The molecule has 0 bridgehead atoms. The Kier molecular flexibility index (Phi) is 2.51. The molecule has 2 N–H and O–H groups in total. The Bertz CT molecular complexity index is 204. The summed E-state index contributed by atoms with van der Waals surface area (Å²) in [4.78, 5) is 13.5. The molecule has 2 saturated heterocycles. The van der Waals surface area contributed by atoms with E-state index in [2.05, 4.69) is 5.32 Å². The van der Waals surface area contributed by atoms with Crippen LogP contribution in [0.4, 0.5) is 0 Å². The van der Waals surface area contributed by atoms with Crippen LogP contribution in [0.15, 0.2) is 0 Å². The molecule has 4 heteroatoms. The summed E-state index contributed by atoms with van der Waals surface area (Å²) in [6.07, 6.45) is 1.92. The van der Waals surface area contributed by atoms with Gasteiger partial charge in [0.2, 0.25) is 5.91 Å². The van der Waals surface area contributed by atoms with Crippen molar-refractivity contribution in [3.63, 3.8) is 0 Å². The topological polar surface area (TPSA) is 52.6 Å². The predicted octanol–water partition coefficient (Wildman–Crippen LogP) is -0.811. The quantitative estimate of drug-likeness (QED) is 0.590. The summed E-state index contributed by atoms with van der Waals surface area (Å²) in [5, 5.41) is 12.0. The van der Waals surface area contributed by atoms with Crippen molar-refractivity contribution in [3.05, 3.63) is 0 Å². The average Bonchev–Trinajstić information content (AvgIpc) is 2.48. The van der Waals surface area contributed by atoms with Crippen LogP contribution in [0.2, 0.25) is 0 Å². The summed E-state index contributed by atoms with van der Waals surface area (Å²) in [5.74, 6) is 0.534. The number of hydrogen-bond acceptors (Lipinski definition) is 3. The zero-order valence-electron chi connectivity index (χ0n) is 7.70. The fraction of sp³-hybridized carbons (Fsp3) is 0.889. The van der Waals surface area contributed by atoms with E-state index < -0.39 is 0 Å². The highest BCUT2D eigenvalue weighted by Crippen LogP contribution is 2.18. The second-order valence-corrected chi connectivity index (χ2v) is 3.92. The molecule has 0 aromatic carbocycles. The summed E-state index contributed by atoms with van der Waals surface area (Å²) >= 11 is 0. The first kappa shape index (κ1) is 8.97. The van der Waals surface area contributed by atoms with E-state index in [9.17, 15) is 4.79 Å². The minimum absolute atomic E-state index is 0.0671. The smallest absolute Gasteiger partial charge is 0.239 e. The minimum atomic E-state index is 0.0671. The molecule has 0 aromatic rings.